The van der Waals surface area contributed by atoms with Crippen LogP contribution in [-0.4, -0.2) is 22.4 Å². The largest absolute Gasteiger partial charge is 0.354 e. The van der Waals surface area contributed by atoms with Crippen molar-refractivity contribution < 1.29 is 4.79 Å². The molecule has 2 N–H and O–H groups in total. The lowest BCUT2D eigenvalue weighted by molar-refractivity contribution is 0.0946. The Morgan fingerprint density at radius 3 is 2.67 bits per heavy atom. The lowest BCUT2D eigenvalue weighted by Crippen LogP contribution is -2.24. The second-order valence-corrected chi connectivity index (χ2v) is 6.68. The minimum Gasteiger partial charge on any atom is -0.354 e. The van der Waals surface area contributed by atoms with Crippen molar-refractivity contribution in [1.82, 2.24) is 15.3 Å². The molecular formula is C21H21ClN4O. The molecule has 0 saturated carbocycles. The van der Waals surface area contributed by atoms with E-state index in [1.807, 2.05) is 55.5 Å². The number of carbonyl (C=O) groups excluding carboxylic acids is 1. The second-order valence-electron chi connectivity index (χ2n) is 6.24. The molecule has 0 aliphatic carbocycles. The lowest BCUT2D eigenvalue weighted by Gasteiger charge is -2.08. The van der Waals surface area contributed by atoms with Crippen LogP contribution in [0.5, 0.6) is 0 Å². The van der Waals surface area contributed by atoms with Crippen LogP contribution < -0.4 is 10.6 Å². The molecule has 3 aromatic rings. The van der Waals surface area contributed by atoms with Gasteiger partial charge in [0.1, 0.15) is 5.69 Å². The fourth-order valence-corrected chi connectivity index (χ4v) is 2.77. The number of aryl methyl sites for hydroxylation is 1. The van der Waals surface area contributed by atoms with E-state index in [1.165, 1.54) is 5.56 Å². The summed E-state index contributed by atoms with van der Waals surface area (Å²) < 4.78 is 0. The number of rotatable bonds is 7. The summed E-state index contributed by atoms with van der Waals surface area (Å²) >= 11 is 5.99. The zero-order chi connectivity index (χ0) is 19.1. The van der Waals surface area contributed by atoms with Crippen LogP contribution in [0.1, 0.15) is 27.2 Å². The summed E-state index contributed by atoms with van der Waals surface area (Å²) in [7, 11) is 0. The fraction of sp³-hybridized carbons (Fsp3) is 0.190. The normalized spacial score (nSPS) is 10.4. The number of hydrogen-bond acceptors (Lipinski definition) is 4. The van der Waals surface area contributed by atoms with Gasteiger partial charge in [0.25, 0.3) is 5.91 Å². The topological polar surface area (TPSA) is 66.9 Å². The van der Waals surface area contributed by atoms with E-state index in [1.54, 1.807) is 12.3 Å². The third kappa shape index (κ3) is 5.79. The number of aromatic nitrogens is 2. The highest BCUT2D eigenvalue weighted by atomic mass is 35.5. The number of amides is 1. The van der Waals surface area contributed by atoms with Crippen LogP contribution >= 0.6 is 11.6 Å². The molecule has 2 aromatic carbocycles. The van der Waals surface area contributed by atoms with Gasteiger partial charge < -0.3 is 10.6 Å². The number of halogens is 1. The maximum Gasteiger partial charge on any atom is 0.270 e. The molecule has 0 aliphatic rings. The second kappa shape index (κ2) is 9.14. The van der Waals surface area contributed by atoms with Gasteiger partial charge >= 0.3 is 0 Å². The monoisotopic (exact) mass is 380 g/mol. The van der Waals surface area contributed by atoms with Crippen LogP contribution in [0.15, 0.2) is 60.8 Å². The summed E-state index contributed by atoms with van der Waals surface area (Å²) in [5.41, 5.74) is 3.70. The average Bonchev–Trinajstić information content (AvgIpc) is 2.68. The van der Waals surface area contributed by atoms with Gasteiger partial charge in [-0.25, -0.2) is 9.97 Å². The van der Waals surface area contributed by atoms with Crippen LogP contribution in [0.2, 0.25) is 5.02 Å². The van der Waals surface area contributed by atoms with E-state index >= 15 is 0 Å². The molecule has 27 heavy (non-hydrogen) atoms. The highest BCUT2D eigenvalue weighted by molar-refractivity contribution is 6.30. The molecule has 1 heterocycles. The van der Waals surface area contributed by atoms with Crippen molar-refractivity contribution in [2.75, 3.05) is 11.9 Å². The van der Waals surface area contributed by atoms with E-state index in [0.29, 0.717) is 24.7 Å². The molecule has 0 aliphatic heterocycles. The molecule has 5 nitrogen and oxygen atoms in total. The van der Waals surface area contributed by atoms with E-state index in [9.17, 15) is 4.79 Å². The van der Waals surface area contributed by atoms with Crippen molar-refractivity contribution in [3.63, 3.8) is 0 Å². The van der Waals surface area contributed by atoms with Crippen molar-refractivity contribution >= 4 is 23.5 Å². The molecule has 6 heteroatoms. The van der Waals surface area contributed by atoms with Crippen molar-refractivity contribution in [2.24, 2.45) is 0 Å². The first-order valence-electron chi connectivity index (χ1n) is 8.75. The summed E-state index contributed by atoms with van der Waals surface area (Å²) in [6, 6.07) is 17.4. The predicted octanol–water partition coefficient (Wildman–Crippen LogP) is 4.02. The minimum atomic E-state index is -0.226. The predicted molar refractivity (Wildman–Crippen MR) is 108 cm³/mol. The number of nitrogens with one attached hydrogen (secondary N) is 2. The first-order chi connectivity index (χ1) is 13.1. The standard InChI is InChI=1S/C21H21ClN4O/c1-15-5-7-17(8-6-15)14-25-20(27)19-10-12-24-21(26-19)23-11-9-16-3-2-4-18(22)13-16/h2-8,10,12-13H,9,11,14H2,1H3,(H,25,27)(H,23,24,26). The zero-order valence-electron chi connectivity index (χ0n) is 15.1. The molecule has 0 fully saturated rings. The van der Waals surface area contributed by atoms with Gasteiger partial charge in [-0.15, -0.1) is 0 Å². The third-order valence-electron chi connectivity index (χ3n) is 4.05. The Kier molecular flexibility index (Phi) is 6.39. The molecule has 0 unspecified atom stereocenters. The van der Waals surface area contributed by atoms with E-state index < -0.39 is 0 Å². The minimum absolute atomic E-state index is 0.226. The van der Waals surface area contributed by atoms with Gasteiger partial charge in [0, 0.05) is 24.3 Å². The molecule has 3 rings (SSSR count). The molecule has 1 aromatic heterocycles. The summed E-state index contributed by atoms with van der Waals surface area (Å²) in [6.45, 7) is 3.14. The first kappa shape index (κ1) is 18.9. The van der Waals surface area contributed by atoms with Crippen molar-refractivity contribution in [2.45, 2.75) is 19.9 Å². The van der Waals surface area contributed by atoms with Gasteiger partial charge in [0.05, 0.1) is 0 Å². The molecular weight excluding hydrogens is 360 g/mol. The van der Waals surface area contributed by atoms with E-state index in [0.717, 1.165) is 22.6 Å². The van der Waals surface area contributed by atoms with Crippen LogP contribution in [0.25, 0.3) is 0 Å². The molecule has 0 atom stereocenters. The molecule has 1 amide bonds. The van der Waals surface area contributed by atoms with Gasteiger partial charge in [0.15, 0.2) is 0 Å². The number of carbonyl (C=O) groups is 1. The smallest absolute Gasteiger partial charge is 0.270 e. The summed E-state index contributed by atoms with van der Waals surface area (Å²) in [6.07, 6.45) is 2.36. The van der Waals surface area contributed by atoms with Gasteiger partial charge in [-0.3, -0.25) is 4.79 Å². The molecule has 0 radical (unpaired) electrons. The highest BCUT2D eigenvalue weighted by Crippen LogP contribution is 2.11. The molecule has 0 bridgehead atoms. The third-order valence-corrected chi connectivity index (χ3v) is 4.28. The first-order valence-corrected chi connectivity index (χ1v) is 9.13. The lowest BCUT2D eigenvalue weighted by atomic mass is 10.1. The summed E-state index contributed by atoms with van der Waals surface area (Å²) in [5, 5.41) is 6.74. The van der Waals surface area contributed by atoms with Gasteiger partial charge in [-0.2, -0.15) is 0 Å². The van der Waals surface area contributed by atoms with Crippen LogP contribution in [0, 0.1) is 6.92 Å². The number of hydrogen-bond donors (Lipinski definition) is 2. The Morgan fingerprint density at radius 2 is 1.89 bits per heavy atom. The Bertz CT molecular complexity index is 912. The van der Waals surface area contributed by atoms with E-state index in [-0.39, 0.29) is 5.91 Å². The van der Waals surface area contributed by atoms with Crippen molar-refractivity contribution in [3.8, 4) is 0 Å². The number of nitrogens with zero attached hydrogens (tertiary/aromatic N) is 2. The Morgan fingerprint density at radius 1 is 1.07 bits per heavy atom. The SMILES string of the molecule is Cc1ccc(CNC(=O)c2ccnc(NCCc3cccc(Cl)c3)n2)cc1. The van der Waals surface area contributed by atoms with Crippen LogP contribution in [-0.2, 0) is 13.0 Å². The Labute approximate surface area is 163 Å². The molecule has 138 valence electrons. The van der Waals surface area contributed by atoms with Gasteiger partial charge in [-0.1, -0.05) is 53.6 Å². The van der Waals surface area contributed by atoms with Gasteiger partial charge in [-0.05, 0) is 42.7 Å². The molecule has 0 spiro atoms. The zero-order valence-corrected chi connectivity index (χ0v) is 15.8. The number of benzene rings is 2. The molecule has 0 saturated heterocycles. The highest BCUT2D eigenvalue weighted by Gasteiger charge is 2.08. The Balaban J connectivity index is 1.53. The van der Waals surface area contributed by atoms with Crippen LogP contribution in [0.4, 0.5) is 5.95 Å². The quantitative estimate of drug-likeness (QED) is 0.649. The maximum absolute atomic E-state index is 12.3. The Hall–Kier alpha value is -2.92. The summed E-state index contributed by atoms with van der Waals surface area (Å²) in [4.78, 5) is 20.8. The average molecular weight is 381 g/mol. The van der Waals surface area contributed by atoms with Gasteiger partial charge in [0.2, 0.25) is 5.95 Å². The fourth-order valence-electron chi connectivity index (χ4n) is 2.56. The summed E-state index contributed by atoms with van der Waals surface area (Å²) in [5.74, 6) is 0.205. The van der Waals surface area contributed by atoms with E-state index in [4.69, 9.17) is 11.6 Å². The van der Waals surface area contributed by atoms with Crippen molar-refractivity contribution in [3.05, 3.63) is 88.2 Å². The van der Waals surface area contributed by atoms with E-state index in [2.05, 4.69) is 20.6 Å². The maximum atomic E-state index is 12.3. The van der Waals surface area contributed by atoms with Crippen molar-refractivity contribution in [1.29, 1.82) is 0 Å². The number of anilines is 1. The van der Waals surface area contributed by atoms with Crippen LogP contribution in [0.3, 0.4) is 0 Å².